The van der Waals surface area contributed by atoms with Crippen molar-refractivity contribution < 1.29 is 0 Å². The Kier molecular flexibility index (Phi) is 5.18. The minimum Gasteiger partial charge on any atom is -0.373 e. The number of likely N-dealkylation sites (tertiary alicyclic amines) is 1. The second-order valence-corrected chi connectivity index (χ2v) is 7.72. The summed E-state index contributed by atoms with van der Waals surface area (Å²) >= 11 is 6.09. The molecule has 3 aromatic rings. The first-order chi connectivity index (χ1) is 12.7. The zero-order valence-corrected chi connectivity index (χ0v) is 16.1. The molecular weight excluding hydrogens is 342 g/mol. The van der Waals surface area contributed by atoms with Crippen molar-refractivity contribution >= 4 is 28.2 Å². The Hall–Kier alpha value is -1.97. The number of hydrogen-bond acceptors (Lipinski definition) is 2. The fraction of sp³-hybridized carbons (Fsp3) is 0.364. The molecular formula is C22H26ClN3. The van der Waals surface area contributed by atoms with Gasteiger partial charge in [-0.05, 0) is 67.9 Å². The molecule has 2 heterocycles. The molecule has 1 aromatic heterocycles. The van der Waals surface area contributed by atoms with Crippen molar-refractivity contribution in [2.45, 2.75) is 19.3 Å². The van der Waals surface area contributed by atoms with Gasteiger partial charge in [-0.2, -0.15) is 0 Å². The molecule has 1 fully saturated rings. The summed E-state index contributed by atoms with van der Waals surface area (Å²) in [5, 5.41) is 1.92. The molecule has 0 atom stereocenters. The highest BCUT2D eigenvalue weighted by atomic mass is 35.5. The van der Waals surface area contributed by atoms with E-state index in [0.29, 0.717) is 0 Å². The van der Waals surface area contributed by atoms with E-state index in [9.17, 15) is 0 Å². The zero-order chi connectivity index (χ0) is 17.9. The van der Waals surface area contributed by atoms with Crippen molar-refractivity contribution in [2.24, 2.45) is 0 Å². The molecule has 0 bridgehead atoms. The maximum Gasteiger partial charge on any atom is 0.0464 e. The molecule has 1 aliphatic rings. The predicted octanol–water partition coefficient (Wildman–Crippen LogP) is 5.41. The molecule has 2 aromatic carbocycles. The minimum atomic E-state index is 0.772. The molecule has 0 spiro atoms. The largest absolute Gasteiger partial charge is 0.373 e. The van der Waals surface area contributed by atoms with Gasteiger partial charge in [-0.1, -0.05) is 30.2 Å². The highest BCUT2D eigenvalue weighted by Gasteiger charge is 2.11. The predicted molar refractivity (Wildman–Crippen MR) is 112 cm³/mol. The van der Waals surface area contributed by atoms with Crippen LogP contribution in [0.15, 0.2) is 48.5 Å². The third kappa shape index (κ3) is 3.89. The molecule has 0 amide bonds. The maximum atomic E-state index is 6.09. The molecule has 4 heteroatoms. The Morgan fingerprint density at radius 3 is 2.54 bits per heavy atom. The fourth-order valence-corrected chi connectivity index (χ4v) is 3.94. The second kappa shape index (κ2) is 7.73. The summed E-state index contributed by atoms with van der Waals surface area (Å²) < 4.78 is 0. The average Bonchev–Trinajstić information content (AvgIpc) is 3.10. The molecule has 26 heavy (non-hydrogen) atoms. The van der Waals surface area contributed by atoms with Crippen LogP contribution in [0.4, 0.5) is 5.69 Å². The summed E-state index contributed by atoms with van der Waals surface area (Å²) in [7, 11) is 2.18. The fourth-order valence-electron chi connectivity index (χ4n) is 3.76. The number of nitrogens with zero attached hydrogens (tertiary/aromatic N) is 2. The summed E-state index contributed by atoms with van der Waals surface area (Å²) in [6, 6.07) is 16.9. The molecule has 136 valence electrons. The topological polar surface area (TPSA) is 22.3 Å². The van der Waals surface area contributed by atoms with Gasteiger partial charge in [0.25, 0.3) is 0 Å². The highest BCUT2D eigenvalue weighted by Crippen LogP contribution is 2.27. The van der Waals surface area contributed by atoms with Crippen LogP contribution in [0.25, 0.3) is 22.2 Å². The number of halogens is 1. The first-order valence-electron chi connectivity index (χ1n) is 9.51. The molecule has 0 aliphatic carbocycles. The van der Waals surface area contributed by atoms with Crippen molar-refractivity contribution in [1.82, 2.24) is 9.88 Å². The van der Waals surface area contributed by atoms with Gasteiger partial charge in [-0.15, -0.1) is 0 Å². The van der Waals surface area contributed by atoms with E-state index in [1.807, 2.05) is 18.2 Å². The Morgan fingerprint density at radius 2 is 1.77 bits per heavy atom. The standard InChI is InChI=1S/C22H26ClN3/c1-25(13-14-26-11-3-2-4-12-26)20-8-5-17(6-9-20)22-16-18-15-19(23)7-10-21(18)24-22/h5-10,15-16,24H,2-4,11-14H2,1H3. The molecule has 1 aliphatic heterocycles. The normalized spacial score (nSPS) is 15.5. The van der Waals surface area contributed by atoms with Gasteiger partial charge in [0, 0.05) is 47.4 Å². The molecule has 1 N–H and O–H groups in total. The first kappa shape index (κ1) is 17.4. The molecule has 0 unspecified atom stereocenters. The van der Waals surface area contributed by atoms with Crippen molar-refractivity contribution in [3.05, 3.63) is 53.6 Å². The Bertz CT molecular complexity index is 863. The van der Waals surface area contributed by atoms with Crippen molar-refractivity contribution in [3.8, 4) is 11.3 Å². The lowest BCUT2D eigenvalue weighted by Crippen LogP contribution is -2.36. The van der Waals surface area contributed by atoms with Gasteiger partial charge in [0.05, 0.1) is 0 Å². The number of aromatic nitrogens is 1. The molecule has 4 rings (SSSR count). The highest BCUT2D eigenvalue weighted by molar-refractivity contribution is 6.31. The van der Waals surface area contributed by atoms with Crippen molar-refractivity contribution in [1.29, 1.82) is 0 Å². The van der Waals surface area contributed by atoms with Crippen LogP contribution in [-0.4, -0.2) is 43.1 Å². The third-order valence-corrected chi connectivity index (χ3v) is 5.64. The van der Waals surface area contributed by atoms with Gasteiger partial charge in [0.2, 0.25) is 0 Å². The van der Waals surface area contributed by atoms with Crippen LogP contribution in [0.5, 0.6) is 0 Å². The number of aromatic amines is 1. The van der Waals surface area contributed by atoms with Gasteiger partial charge >= 0.3 is 0 Å². The third-order valence-electron chi connectivity index (χ3n) is 5.40. The lowest BCUT2D eigenvalue weighted by Gasteiger charge is -2.29. The van der Waals surface area contributed by atoms with Crippen LogP contribution in [-0.2, 0) is 0 Å². The number of anilines is 1. The lowest BCUT2D eigenvalue weighted by molar-refractivity contribution is 0.234. The number of benzene rings is 2. The van der Waals surface area contributed by atoms with E-state index in [2.05, 4.69) is 52.2 Å². The maximum absolute atomic E-state index is 6.09. The molecule has 3 nitrogen and oxygen atoms in total. The Morgan fingerprint density at radius 1 is 1.00 bits per heavy atom. The number of H-pyrrole nitrogens is 1. The molecule has 1 saturated heterocycles. The lowest BCUT2D eigenvalue weighted by atomic mass is 10.1. The average molecular weight is 368 g/mol. The van der Waals surface area contributed by atoms with Crippen LogP contribution in [0.1, 0.15) is 19.3 Å². The smallest absolute Gasteiger partial charge is 0.0464 e. The molecule has 0 saturated carbocycles. The van der Waals surface area contributed by atoms with Crippen LogP contribution in [0.3, 0.4) is 0 Å². The number of rotatable bonds is 5. The summed E-state index contributed by atoms with van der Waals surface area (Å²) in [6.45, 7) is 4.75. The number of nitrogens with one attached hydrogen (secondary N) is 1. The summed E-state index contributed by atoms with van der Waals surface area (Å²) in [5.74, 6) is 0. The zero-order valence-electron chi connectivity index (χ0n) is 15.3. The number of piperidine rings is 1. The van der Waals surface area contributed by atoms with Gasteiger partial charge in [-0.3, -0.25) is 0 Å². The summed E-state index contributed by atoms with van der Waals surface area (Å²) in [5.41, 5.74) is 4.72. The van der Waals surface area contributed by atoms with E-state index in [0.717, 1.165) is 34.7 Å². The number of hydrogen-bond donors (Lipinski definition) is 1. The van der Waals surface area contributed by atoms with E-state index in [-0.39, 0.29) is 0 Å². The first-order valence-corrected chi connectivity index (χ1v) is 9.89. The summed E-state index contributed by atoms with van der Waals surface area (Å²) in [4.78, 5) is 8.41. The van der Waals surface area contributed by atoms with Gasteiger partial charge < -0.3 is 14.8 Å². The van der Waals surface area contributed by atoms with E-state index in [1.165, 1.54) is 43.6 Å². The Labute approximate surface area is 160 Å². The van der Waals surface area contributed by atoms with Crippen LogP contribution in [0, 0.1) is 0 Å². The number of fused-ring (bicyclic) bond motifs is 1. The van der Waals surface area contributed by atoms with Crippen molar-refractivity contribution in [2.75, 3.05) is 38.1 Å². The monoisotopic (exact) mass is 367 g/mol. The van der Waals surface area contributed by atoms with E-state index in [4.69, 9.17) is 11.6 Å². The quantitative estimate of drug-likeness (QED) is 0.651. The van der Waals surface area contributed by atoms with Crippen LogP contribution >= 0.6 is 11.6 Å². The van der Waals surface area contributed by atoms with Crippen molar-refractivity contribution in [3.63, 3.8) is 0 Å². The molecule has 0 radical (unpaired) electrons. The van der Waals surface area contributed by atoms with Crippen LogP contribution < -0.4 is 4.90 Å². The van der Waals surface area contributed by atoms with E-state index in [1.54, 1.807) is 0 Å². The van der Waals surface area contributed by atoms with Crippen LogP contribution in [0.2, 0.25) is 5.02 Å². The van der Waals surface area contributed by atoms with E-state index >= 15 is 0 Å². The van der Waals surface area contributed by atoms with Gasteiger partial charge in [-0.25, -0.2) is 0 Å². The van der Waals surface area contributed by atoms with E-state index < -0.39 is 0 Å². The van der Waals surface area contributed by atoms with Gasteiger partial charge in [0.15, 0.2) is 0 Å². The minimum absolute atomic E-state index is 0.772. The summed E-state index contributed by atoms with van der Waals surface area (Å²) in [6.07, 6.45) is 4.11. The Balaban J connectivity index is 1.43. The SMILES string of the molecule is CN(CCN1CCCCC1)c1ccc(-c2cc3cc(Cl)ccc3[nH]2)cc1. The van der Waals surface area contributed by atoms with Gasteiger partial charge in [0.1, 0.15) is 0 Å². The second-order valence-electron chi connectivity index (χ2n) is 7.29. The number of likely N-dealkylation sites (N-methyl/N-ethyl adjacent to an activating group) is 1.